The van der Waals surface area contributed by atoms with Crippen molar-refractivity contribution in [3.05, 3.63) is 35.4 Å². The van der Waals surface area contributed by atoms with E-state index in [9.17, 15) is 4.79 Å². The molecule has 3 nitrogen and oxygen atoms in total. The lowest BCUT2D eigenvalue weighted by molar-refractivity contribution is 0.0765. The summed E-state index contributed by atoms with van der Waals surface area (Å²) in [6, 6.07) is 9.82. The summed E-state index contributed by atoms with van der Waals surface area (Å²) in [6.07, 6.45) is 0.372. The molecule has 1 aromatic rings. The Morgan fingerprint density at radius 2 is 1.95 bits per heavy atom. The van der Waals surface area contributed by atoms with Crippen molar-refractivity contribution in [2.24, 2.45) is 0 Å². The van der Waals surface area contributed by atoms with Crippen LogP contribution in [-0.2, 0) is 5.41 Å². The molecule has 3 heteroatoms. The molecule has 0 heterocycles. The van der Waals surface area contributed by atoms with E-state index in [2.05, 4.69) is 26.8 Å². The topological polar surface area (TPSA) is 44.1 Å². The quantitative estimate of drug-likeness (QED) is 0.831. The van der Waals surface area contributed by atoms with Gasteiger partial charge in [-0.25, -0.2) is 0 Å². The summed E-state index contributed by atoms with van der Waals surface area (Å²) in [5, 5.41) is 8.66. The maximum absolute atomic E-state index is 12.6. The van der Waals surface area contributed by atoms with E-state index in [0.29, 0.717) is 19.5 Å². The molecule has 0 aliphatic heterocycles. The standard InChI is InChI=1S/C16H22N2O/c1-5-18(12-8-11-17)15(19)13-9-6-7-10-14(13)16(2,3)4/h6-7,9-10H,5,8,12H2,1-4H3. The van der Waals surface area contributed by atoms with Gasteiger partial charge in [0, 0.05) is 18.7 Å². The number of nitriles is 1. The molecular formula is C16H22N2O. The summed E-state index contributed by atoms with van der Waals surface area (Å²) in [5.41, 5.74) is 1.73. The van der Waals surface area contributed by atoms with Gasteiger partial charge in [-0.3, -0.25) is 4.79 Å². The number of carbonyl (C=O) groups excluding carboxylic acids is 1. The van der Waals surface area contributed by atoms with Crippen molar-refractivity contribution in [3.8, 4) is 6.07 Å². The first-order valence-corrected chi connectivity index (χ1v) is 6.67. The third kappa shape index (κ3) is 3.82. The summed E-state index contributed by atoms with van der Waals surface area (Å²) >= 11 is 0. The summed E-state index contributed by atoms with van der Waals surface area (Å²) in [5.74, 6) is 0.0169. The largest absolute Gasteiger partial charge is 0.338 e. The Hall–Kier alpha value is -1.82. The van der Waals surface area contributed by atoms with Crippen LogP contribution in [0, 0.1) is 11.3 Å². The van der Waals surface area contributed by atoms with Crippen molar-refractivity contribution in [2.75, 3.05) is 13.1 Å². The first-order chi connectivity index (χ1) is 8.91. The van der Waals surface area contributed by atoms with E-state index in [1.54, 1.807) is 4.90 Å². The van der Waals surface area contributed by atoms with E-state index in [1.807, 2.05) is 31.2 Å². The van der Waals surface area contributed by atoms with Gasteiger partial charge in [-0.1, -0.05) is 39.0 Å². The lowest BCUT2D eigenvalue weighted by Crippen LogP contribution is -2.33. The summed E-state index contributed by atoms with van der Waals surface area (Å²) in [7, 11) is 0. The van der Waals surface area contributed by atoms with Crippen LogP contribution in [0.2, 0.25) is 0 Å². The van der Waals surface area contributed by atoms with Crippen LogP contribution in [-0.4, -0.2) is 23.9 Å². The molecule has 0 atom stereocenters. The predicted molar refractivity (Wildman–Crippen MR) is 76.9 cm³/mol. The highest BCUT2D eigenvalue weighted by Gasteiger charge is 2.23. The lowest BCUT2D eigenvalue weighted by atomic mass is 9.83. The average Bonchev–Trinajstić information content (AvgIpc) is 2.38. The van der Waals surface area contributed by atoms with Crippen LogP contribution in [0.1, 0.15) is 50.0 Å². The smallest absolute Gasteiger partial charge is 0.254 e. The van der Waals surface area contributed by atoms with Crippen LogP contribution in [0.15, 0.2) is 24.3 Å². The molecule has 0 N–H and O–H groups in total. The Morgan fingerprint density at radius 3 is 2.47 bits per heavy atom. The van der Waals surface area contributed by atoms with Crippen LogP contribution >= 0.6 is 0 Å². The summed E-state index contributed by atoms with van der Waals surface area (Å²) < 4.78 is 0. The third-order valence-electron chi connectivity index (χ3n) is 3.13. The van der Waals surface area contributed by atoms with Crippen molar-refractivity contribution in [1.29, 1.82) is 5.26 Å². The van der Waals surface area contributed by atoms with E-state index < -0.39 is 0 Å². The lowest BCUT2D eigenvalue weighted by Gasteiger charge is -2.26. The van der Waals surface area contributed by atoms with Gasteiger partial charge in [-0.15, -0.1) is 0 Å². The minimum absolute atomic E-state index is 0.0169. The van der Waals surface area contributed by atoms with Crippen molar-refractivity contribution in [2.45, 2.75) is 39.5 Å². The molecule has 0 saturated carbocycles. The van der Waals surface area contributed by atoms with Gasteiger partial charge in [0.05, 0.1) is 12.5 Å². The number of benzene rings is 1. The SMILES string of the molecule is CCN(CCC#N)C(=O)c1ccccc1C(C)(C)C. The molecule has 0 aromatic heterocycles. The number of rotatable bonds is 4. The minimum Gasteiger partial charge on any atom is -0.338 e. The Bertz CT molecular complexity index is 480. The third-order valence-corrected chi connectivity index (χ3v) is 3.13. The van der Waals surface area contributed by atoms with E-state index in [1.165, 1.54) is 0 Å². The molecule has 1 aromatic carbocycles. The predicted octanol–water partition coefficient (Wildman–Crippen LogP) is 3.36. The van der Waals surface area contributed by atoms with Crippen LogP contribution in [0.5, 0.6) is 0 Å². The number of amides is 1. The molecule has 0 fully saturated rings. The second-order valence-electron chi connectivity index (χ2n) is 5.59. The van der Waals surface area contributed by atoms with Crippen molar-refractivity contribution in [3.63, 3.8) is 0 Å². The van der Waals surface area contributed by atoms with Gasteiger partial charge in [0.15, 0.2) is 0 Å². The Morgan fingerprint density at radius 1 is 1.32 bits per heavy atom. The van der Waals surface area contributed by atoms with Crippen molar-refractivity contribution < 1.29 is 4.79 Å². The fourth-order valence-electron chi connectivity index (χ4n) is 2.08. The van der Waals surface area contributed by atoms with Gasteiger partial charge < -0.3 is 4.90 Å². The van der Waals surface area contributed by atoms with Crippen LogP contribution < -0.4 is 0 Å². The molecule has 0 saturated heterocycles. The summed E-state index contributed by atoms with van der Waals surface area (Å²) in [6.45, 7) is 9.36. The van der Waals surface area contributed by atoms with Gasteiger partial charge in [0.1, 0.15) is 0 Å². The Labute approximate surface area is 115 Å². The van der Waals surface area contributed by atoms with Crippen LogP contribution in [0.4, 0.5) is 0 Å². The second kappa shape index (κ2) is 6.38. The number of carbonyl (C=O) groups is 1. The van der Waals surface area contributed by atoms with Gasteiger partial charge >= 0.3 is 0 Å². The molecule has 0 aliphatic carbocycles. The second-order valence-corrected chi connectivity index (χ2v) is 5.59. The highest BCUT2D eigenvalue weighted by atomic mass is 16.2. The molecule has 0 radical (unpaired) electrons. The maximum Gasteiger partial charge on any atom is 0.254 e. The van der Waals surface area contributed by atoms with Crippen LogP contribution in [0.25, 0.3) is 0 Å². The first kappa shape index (κ1) is 15.2. The zero-order valence-corrected chi connectivity index (χ0v) is 12.2. The average molecular weight is 258 g/mol. The molecule has 102 valence electrons. The van der Waals surface area contributed by atoms with Gasteiger partial charge in [-0.2, -0.15) is 5.26 Å². The fraction of sp³-hybridized carbons (Fsp3) is 0.500. The Balaban J connectivity index is 3.09. The molecule has 0 bridgehead atoms. The maximum atomic E-state index is 12.6. The molecule has 19 heavy (non-hydrogen) atoms. The van der Waals surface area contributed by atoms with Crippen molar-refractivity contribution in [1.82, 2.24) is 4.90 Å². The molecule has 1 rings (SSSR count). The molecule has 0 unspecified atom stereocenters. The molecule has 0 spiro atoms. The van der Waals surface area contributed by atoms with Crippen molar-refractivity contribution >= 4 is 5.91 Å². The molecule has 0 aliphatic rings. The van der Waals surface area contributed by atoms with E-state index in [-0.39, 0.29) is 11.3 Å². The summed E-state index contributed by atoms with van der Waals surface area (Å²) in [4.78, 5) is 14.3. The monoisotopic (exact) mass is 258 g/mol. The van der Waals surface area contributed by atoms with Crippen LogP contribution in [0.3, 0.4) is 0 Å². The highest BCUT2D eigenvalue weighted by molar-refractivity contribution is 5.96. The number of nitrogens with zero attached hydrogens (tertiary/aromatic N) is 2. The van der Waals surface area contributed by atoms with Gasteiger partial charge in [0.2, 0.25) is 0 Å². The molecular weight excluding hydrogens is 236 g/mol. The minimum atomic E-state index is -0.0686. The highest BCUT2D eigenvalue weighted by Crippen LogP contribution is 2.26. The van der Waals surface area contributed by atoms with Gasteiger partial charge in [0.25, 0.3) is 5.91 Å². The normalized spacial score (nSPS) is 10.9. The first-order valence-electron chi connectivity index (χ1n) is 6.67. The Kier molecular flexibility index (Phi) is 5.11. The number of hydrogen-bond donors (Lipinski definition) is 0. The zero-order chi connectivity index (χ0) is 14.5. The van der Waals surface area contributed by atoms with E-state index in [0.717, 1.165) is 11.1 Å². The fourth-order valence-corrected chi connectivity index (χ4v) is 2.08. The molecule has 1 amide bonds. The van der Waals surface area contributed by atoms with Gasteiger partial charge in [-0.05, 0) is 24.0 Å². The number of hydrogen-bond acceptors (Lipinski definition) is 2. The van der Waals surface area contributed by atoms with E-state index in [4.69, 9.17) is 5.26 Å². The van der Waals surface area contributed by atoms with E-state index >= 15 is 0 Å². The zero-order valence-electron chi connectivity index (χ0n) is 12.2.